The lowest BCUT2D eigenvalue weighted by molar-refractivity contribution is -0.148. The third-order valence-corrected chi connectivity index (χ3v) is 4.64. The minimum atomic E-state index is -0.817. The maximum absolute atomic E-state index is 12.2. The second-order valence-corrected chi connectivity index (χ2v) is 6.01. The van der Waals surface area contributed by atoms with Crippen molar-refractivity contribution < 1.29 is 19.4 Å². The third-order valence-electron chi connectivity index (χ3n) is 4.64. The van der Waals surface area contributed by atoms with Crippen LogP contribution < -0.4 is 11.1 Å². The van der Waals surface area contributed by atoms with E-state index in [-0.39, 0.29) is 18.5 Å². The maximum atomic E-state index is 12.2. The molecule has 6 nitrogen and oxygen atoms in total. The van der Waals surface area contributed by atoms with Gasteiger partial charge in [0.1, 0.15) is 0 Å². The Labute approximate surface area is 112 Å². The summed E-state index contributed by atoms with van der Waals surface area (Å²) in [5.41, 5.74) is 4.34. The van der Waals surface area contributed by atoms with Gasteiger partial charge in [-0.05, 0) is 19.8 Å². The van der Waals surface area contributed by atoms with E-state index in [1.54, 1.807) is 6.92 Å². The zero-order valence-corrected chi connectivity index (χ0v) is 11.3. The van der Waals surface area contributed by atoms with Crippen LogP contribution in [0.15, 0.2) is 0 Å². The Kier molecular flexibility index (Phi) is 3.82. The van der Waals surface area contributed by atoms with Crippen molar-refractivity contribution in [2.75, 3.05) is 19.8 Å². The Morgan fingerprint density at radius 2 is 2.05 bits per heavy atom. The van der Waals surface area contributed by atoms with Gasteiger partial charge in [0.2, 0.25) is 5.91 Å². The highest BCUT2D eigenvalue weighted by molar-refractivity contribution is 5.84. The molecule has 19 heavy (non-hydrogen) atoms. The molecular formula is C13H22N2O4. The molecule has 1 saturated carbocycles. The lowest BCUT2D eigenvalue weighted by Crippen LogP contribution is -2.52. The second kappa shape index (κ2) is 5.09. The molecule has 6 heteroatoms. The molecule has 2 atom stereocenters. The normalized spacial score (nSPS) is 33.3. The van der Waals surface area contributed by atoms with Crippen LogP contribution in [0.4, 0.5) is 0 Å². The number of nitrogens with two attached hydrogens (primary N) is 1. The summed E-state index contributed by atoms with van der Waals surface area (Å²) in [5.74, 6) is -1.02. The zero-order chi connectivity index (χ0) is 14.1. The Morgan fingerprint density at radius 1 is 1.42 bits per heavy atom. The molecule has 1 aliphatic heterocycles. The summed E-state index contributed by atoms with van der Waals surface area (Å²) >= 11 is 0. The SMILES string of the molecule is CC1(C(=O)NCC2(C(=O)O)CCCC2)COCC1N. The van der Waals surface area contributed by atoms with E-state index >= 15 is 0 Å². The van der Waals surface area contributed by atoms with Crippen LogP contribution >= 0.6 is 0 Å². The molecule has 2 rings (SSSR count). The first-order chi connectivity index (χ1) is 8.91. The minimum absolute atomic E-state index is 0.184. The fourth-order valence-electron chi connectivity index (χ4n) is 2.89. The zero-order valence-electron chi connectivity index (χ0n) is 11.3. The van der Waals surface area contributed by atoms with Crippen molar-refractivity contribution in [2.45, 2.75) is 38.6 Å². The van der Waals surface area contributed by atoms with Crippen molar-refractivity contribution in [3.8, 4) is 0 Å². The highest BCUT2D eigenvalue weighted by Gasteiger charge is 2.46. The number of carboxylic acid groups (broad SMARTS) is 1. The van der Waals surface area contributed by atoms with Gasteiger partial charge in [-0.3, -0.25) is 9.59 Å². The Hall–Kier alpha value is -1.14. The van der Waals surface area contributed by atoms with E-state index in [2.05, 4.69) is 5.32 Å². The van der Waals surface area contributed by atoms with E-state index in [0.29, 0.717) is 26.1 Å². The Morgan fingerprint density at radius 3 is 2.53 bits per heavy atom. The average Bonchev–Trinajstić information content (AvgIpc) is 2.96. The first-order valence-corrected chi connectivity index (χ1v) is 6.76. The largest absolute Gasteiger partial charge is 0.481 e. The van der Waals surface area contributed by atoms with Gasteiger partial charge < -0.3 is 20.9 Å². The van der Waals surface area contributed by atoms with Gasteiger partial charge in [0.05, 0.1) is 24.0 Å². The first-order valence-electron chi connectivity index (χ1n) is 6.76. The molecule has 0 spiro atoms. The van der Waals surface area contributed by atoms with E-state index in [9.17, 15) is 14.7 Å². The minimum Gasteiger partial charge on any atom is -0.481 e. The summed E-state index contributed by atoms with van der Waals surface area (Å²) in [6, 6.07) is -0.336. The monoisotopic (exact) mass is 270 g/mol. The van der Waals surface area contributed by atoms with Gasteiger partial charge >= 0.3 is 5.97 Å². The van der Waals surface area contributed by atoms with Crippen molar-refractivity contribution in [3.63, 3.8) is 0 Å². The van der Waals surface area contributed by atoms with Gasteiger partial charge in [-0.15, -0.1) is 0 Å². The standard InChI is InChI=1S/C13H22N2O4/c1-12(8-19-6-9(12)14)10(16)15-7-13(11(17)18)4-2-3-5-13/h9H,2-8,14H2,1H3,(H,15,16)(H,17,18). The van der Waals surface area contributed by atoms with Crippen molar-refractivity contribution in [3.05, 3.63) is 0 Å². The number of rotatable bonds is 4. The predicted molar refractivity (Wildman–Crippen MR) is 68.4 cm³/mol. The van der Waals surface area contributed by atoms with E-state index in [0.717, 1.165) is 12.8 Å². The molecule has 2 unspecified atom stereocenters. The van der Waals surface area contributed by atoms with Crippen LogP contribution in [0.5, 0.6) is 0 Å². The van der Waals surface area contributed by atoms with Crippen LogP contribution in [0.2, 0.25) is 0 Å². The Balaban J connectivity index is 1.98. The van der Waals surface area contributed by atoms with Crippen LogP contribution in [0.3, 0.4) is 0 Å². The van der Waals surface area contributed by atoms with Crippen LogP contribution in [-0.2, 0) is 14.3 Å². The van der Waals surface area contributed by atoms with Gasteiger partial charge in [0.25, 0.3) is 0 Å². The lowest BCUT2D eigenvalue weighted by Gasteiger charge is -2.29. The molecule has 108 valence electrons. The average molecular weight is 270 g/mol. The summed E-state index contributed by atoms with van der Waals surface area (Å²) in [6.45, 7) is 2.61. The molecule has 0 bridgehead atoms. The third kappa shape index (κ3) is 2.47. The number of carbonyl (C=O) groups is 2. The van der Waals surface area contributed by atoms with Crippen molar-refractivity contribution in [2.24, 2.45) is 16.6 Å². The topological polar surface area (TPSA) is 102 Å². The quantitative estimate of drug-likeness (QED) is 0.673. The smallest absolute Gasteiger partial charge is 0.311 e. The number of nitrogens with one attached hydrogen (secondary N) is 1. The van der Waals surface area contributed by atoms with E-state index in [1.165, 1.54) is 0 Å². The summed E-state index contributed by atoms with van der Waals surface area (Å²) in [6.07, 6.45) is 3.06. The highest BCUT2D eigenvalue weighted by atomic mass is 16.5. The number of ether oxygens (including phenoxy) is 1. The van der Waals surface area contributed by atoms with Crippen LogP contribution in [0.1, 0.15) is 32.6 Å². The van der Waals surface area contributed by atoms with E-state index in [4.69, 9.17) is 10.5 Å². The van der Waals surface area contributed by atoms with E-state index < -0.39 is 16.8 Å². The number of hydrogen-bond acceptors (Lipinski definition) is 4. The number of carboxylic acids is 1. The molecule has 0 aromatic heterocycles. The molecule has 1 saturated heterocycles. The molecule has 2 aliphatic rings. The van der Waals surface area contributed by atoms with Gasteiger partial charge in [-0.25, -0.2) is 0 Å². The molecule has 1 heterocycles. The van der Waals surface area contributed by atoms with Crippen LogP contribution in [0, 0.1) is 10.8 Å². The van der Waals surface area contributed by atoms with Crippen molar-refractivity contribution in [1.29, 1.82) is 0 Å². The van der Waals surface area contributed by atoms with Gasteiger partial charge in [0, 0.05) is 12.6 Å². The lowest BCUT2D eigenvalue weighted by atomic mass is 9.83. The summed E-state index contributed by atoms with van der Waals surface area (Å²) in [4.78, 5) is 23.6. The molecule has 1 amide bonds. The number of aliphatic carboxylic acids is 1. The number of hydrogen-bond donors (Lipinski definition) is 3. The molecule has 0 radical (unpaired) electrons. The molecule has 1 aliphatic carbocycles. The van der Waals surface area contributed by atoms with Gasteiger partial charge in [-0.2, -0.15) is 0 Å². The van der Waals surface area contributed by atoms with Crippen molar-refractivity contribution in [1.82, 2.24) is 5.32 Å². The molecule has 0 aromatic carbocycles. The summed E-state index contributed by atoms with van der Waals surface area (Å²) in [5, 5.41) is 12.1. The maximum Gasteiger partial charge on any atom is 0.311 e. The Bertz CT molecular complexity index is 379. The highest BCUT2D eigenvalue weighted by Crippen LogP contribution is 2.38. The molecule has 0 aromatic rings. The molecule has 4 N–H and O–H groups in total. The fourth-order valence-corrected chi connectivity index (χ4v) is 2.89. The molecule has 2 fully saturated rings. The van der Waals surface area contributed by atoms with Crippen LogP contribution in [-0.4, -0.2) is 42.8 Å². The predicted octanol–water partition coefficient (Wildman–Crippen LogP) is 0.111. The summed E-state index contributed by atoms with van der Waals surface area (Å²) in [7, 11) is 0. The first kappa shape index (κ1) is 14.3. The number of amides is 1. The van der Waals surface area contributed by atoms with Gasteiger partial charge in [0.15, 0.2) is 0 Å². The molecular weight excluding hydrogens is 248 g/mol. The fraction of sp³-hybridized carbons (Fsp3) is 0.846. The van der Waals surface area contributed by atoms with Crippen molar-refractivity contribution >= 4 is 11.9 Å². The summed E-state index contributed by atoms with van der Waals surface area (Å²) < 4.78 is 5.24. The number of carbonyl (C=O) groups excluding carboxylic acids is 1. The van der Waals surface area contributed by atoms with E-state index in [1.807, 2.05) is 0 Å². The second-order valence-electron chi connectivity index (χ2n) is 6.01. The van der Waals surface area contributed by atoms with Gasteiger partial charge in [-0.1, -0.05) is 12.8 Å². The van der Waals surface area contributed by atoms with Crippen LogP contribution in [0.25, 0.3) is 0 Å².